The predicted molar refractivity (Wildman–Crippen MR) is 86.7 cm³/mol. The molecule has 0 aliphatic carbocycles. The van der Waals surface area contributed by atoms with Crippen LogP contribution in [0, 0.1) is 23.3 Å². The van der Waals surface area contributed by atoms with Crippen molar-refractivity contribution >= 4 is 21.5 Å². The molecule has 24 heavy (non-hydrogen) atoms. The van der Waals surface area contributed by atoms with Gasteiger partial charge in [-0.1, -0.05) is 42.5 Å². The molecule has 4 rings (SSSR count). The van der Waals surface area contributed by atoms with Crippen molar-refractivity contribution in [3.63, 3.8) is 0 Å². The molecule has 0 radical (unpaired) electrons. The van der Waals surface area contributed by atoms with E-state index in [2.05, 4.69) is 0 Å². The smallest absolute Gasteiger partial charge is 0.198 e. The highest BCUT2D eigenvalue weighted by Crippen LogP contribution is 2.35. The first-order chi connectivity index (χ1) is 11.6. The minimum absolute atomic E-state index is 0.299. The molecule has 0 unspecified atom stereocenters. The molecule has 4 aromatic rings. The lowest BCUT2D eigenvalue weighted by molar-refractivity contribution is 0.411. The van der Waals surface area contributed by atoms with E-state index >= 15 is 0 Å². The minimum atomic E-state index is -1.80. The average Bonchev–Trinajstić information content (AvgIpc) is 2.61. The lowest BCUT2D eigenvalue weighted by Crippen LogP contribution is -1.98. The van der Waals surface area contributed by atoms with E-state index in [1.807, 2.05) is 42.5 Å². The van der Waals surface area contributed by atoms with Crippen LogP contribution in [0.5, 0.6) is 0 Å². The topological polar surface area (TPSA) is 0 Å². The Morgan fingerprint density at radius 1 is 0.500 bits per heavy atom. The second kappa shape index (κ2) is 5.34. The van der Waals surface area contributed by atoms with E-state index in [9.17, 15) is 17.6 Å². The van der Waals surface area contributed by atoms with Gasteiger partial charge in [0.1, 0.15) is 0 Å². The van der Waals surface area contributed by atoms with Crippen molar-refractivity contribution in [1.82, 2.24) is 0 Å². The molecule has 0 aliphatic rings. The number of fused-ring (bicyclic) bond motifs is 2. The second-order valence-electron chi connectivity index (χ2n) is 5.57. The Morgan fingerprint density at radius 3 is 1.92 bits per heavy atom. The maximum atomic E-state index is 14.2. The molecule has 0 N–H and O–H groups in total. The molecule has 4 aromatic carbocycles. The van der Waals surface area contributed by atoms with E-state index in [1.165, 1.54) is 0 Å². The van der Waals surface area contributed by atoms with Gasteiger partial charge in [0.05, 0.1) is 0 Å². The Labute approximate surface area is 135 Å². The fraction of sp³-hybridized carbons (Fsp3) is 0. The van der Waals surface area contributed by atoms with Crippen LogP contribution < -0.4 is 0 Å². The maximum Gasteiger partial charge on any atom is 0.198 e. The van der Waals surface area contributed by atoms with Crippen molar-refractivity contribution in [3.05, 3.63) is 83.9 Å². The van der Waals surface area contributed by atoms with Crippen LogP contribution in [0.2, 0.25) is 0 Å². The van der Waals surface area contributed by atoms with Gasteiger partial charge in [0.2, 0.25) is 0 Å². The summed E-state index contributed by atoms with van der Waals surface area (Å²) in [6, 6.07) is 17.1. The van der Waals surface area contributed by atoms with Gasteiger partial charge in [-0.3, -0.25) is 0 Å². The van der Waals surface area contributed by atoms with Crippen molar-refractivity contribution < 1.29 is 17.6 Å². The predicted octanol–water partition coefficient (Wildman–Crippen LogP) is 6.22. The summed E-state index contributed by atoms with van der Waals surface area (Å²) in [5.41, 5.74) is 0.0147. The normalized spacial score (nSPS) is 11.3. The molecule has 118 valence electrons. The zero-order chi connectivity index (χ0) is 16.8. The van der Waals surface area contributed by atoms with Gasteiger partial charge in [-0.05, 0) is 45.3 Å². The maximum absolute atomic E-state index is 14.2. The van der Waals surface area contributed by atoms with Gasteiger partial charge in [-0.15, -0.1) is 0 Å². The van der Waals surface area contributed by atoms with Crippen molar-refractivity contribution in [1.29, 1.82) is 0 Å². The van der Waals surface area contributed by atoms with Gasteiger partial charge in [0, 0.05) is 5.56 Å². The van der Waals surface area contributed by atoms with Gasteiger partial charge >= 0.3 is 0 Å². The molecular formula is C20H10F4. The molecule has 0 fully saturated rings. The van der Waals surface area contributed by atoms with E-state index in [0.717, 1.165) is 16.2 Å². The zero-order valence-electron chi connectivity index (χ0n) is 12.3. The van der Waals surface area contributed by atoms with Crippen LogP contribution in [-0.4, -0.2) is 0 Å². The lowest BCUT2D eigenvalue weighted by Gasteiger charge is -2.11. The molecule has 0 nitrogen and oxygen atoms in total. The Balaban J connectivity index is 2.09. The molecule has 0 heterocycles. The number of benzene rings is 4. The van der Waals surface area contributed by atoms with Gasteiger partial charge < -0.3 is 0 Å². The average molecular weight is 326 g/mol. The fourth-order valence-corrected chi connectivity index (χ4v) is 2.97. The van der Waals surface area contributed by atoms with Crippen LogP contribution >= 0.6 is 0 Å². The summed E-state index contributed by atoms with van der Waals surface area (Å²) in [5.74, 6) is -6.42. The number of hydrogen-bond acceptors (Lipinski definition) is 0. The summed E-state index contributed by atoms with van der Waals surface area (Å²) in [7, 11) is 0. The number of rotatable bonds is 1. The van der Waals surface area contributed by atoms with E-state index in [0.29, 0.717) is 17.0 Å². The van der Waals surface area contributed by atoms with Crippen LogP contribution in [0.1, 0.15) is 0 Å². The largest absolute Gasteiger partial charge is 0.204 e. The zero-order valence-corrected chi connectivity index (χ0v) is 12.3. The Morgan fingerprint density at radius 2 is 1.17 bits per heavy atom. The van der Waals surface area contributed by atoms with Gasteiger partial charge in [0.15, 0.2) is 23.3 Å². The van der Waals surface area contributed by atoms with E-state index in [4.69, 9.17) is 0 Å². The van der Waals surface area contributed by atoms with E-state index < -0.39 is 23.3 Å². The van der Waals surface area contributed by atoms with Gasteiger partial charge in [-0.2, -0.15) is 0 Å². The molecule has 0 aromatic heterocycles. The summed E-state index contributed by atoms with van der Waals surface area (Å²) in [5, 5.41) is 3.36. The second-order valence-corrected chi connectivity index (χ2v) is 5.57. The van der Waals surface area contributed by atoms with Crippen LogP contribution in [0.3, 0.4) is 0 Å². The first-order valence-corrected chi connectivity index (χ1v) is 7.31. The van der Waals surface area contributed by atoms with Crippen LogP contribution in [0.25, 0.3) is 32.7 Å². The van der Waals surface area contributed by atoms with Crippen LogP contribution in [0.15, 0.2) is 60.7 Å². The number of halogens is 4. The van der Waals surface area contributed by atoms with Crippen LogP contribution in [-0.2, 0) is 0 Å². The van der Waals surface area contributed by atoms with Gasteiger partial charge in [-0.25, -0.2) is 17.6 Å². The molecule has 0 spiro atoms. The highest BCUT2D eigenvalue weighted by atomic mass is 19.2. The molecule has 0 bridgehead atoms. The first kappa shape index (κ1) is 14.7. The molecular weight excluding hydrogens is 316 g/mol. The van der Waals surface area contributed by atoms with E-state index in [1.54, 1.807) is 12.1 Å². The van der Waals surface area contributed by atoms with Crippen LogP contribution in [0.4, 0.5) is 17.6 Å². The van der Waals surface area contributed by atoms with E-state index in [-0.39, 0.29) is 5.56 Å². The Hall–Kier alpha value is -2.88. The van der Waals surface area contributed by atoms with Gasteiger partial charge in [0.25, 0.3) is 0 Å². The summed E-state index contributed by atoms with van der Waals surface area (Å²) in [6.07, 6.45) is 0. The standard InChI is InChI=1S/C20H10F4/c21-17-10-16(18(22)20(24)19(17)23)14-7-3-6-13-8-11-4-1-2-5-12(11)9-15(13)14/h1-10H. The quantitative estimate of drug-likeness (QED) is 0.169. The number of hydrogen-bond donors (Lipinski definition) is 0. The summed E-state index contributed by atoms with van der Waals surface area (Å²) in [6.45, 7) is 0. The van der Waals surface area contributed by atoms with Crippen molar-refractivity contribution in [2.45, 2.75) is 0 Å². The summed E-state index contributed by atoms with van der Waals surface area (Å²) >= 11 is 0. The van der Waals surface area contributed by atoms with Crippen molar-refractivity contribution in [2.24, 2.45) is 0 Å². The molecule has 0 saturated carbocycles. The highest BCUT2D eigenvalue weighted by molar-refractivity contribution is 6.05. The molecule has 0 saturated heterocycles. The first-order valence-electron chi connectivity index (χ1n) is 7.31. The monoisotopic (exact) mass is 326 g/mol. The third-order valence-corrected chi connectivity index (χ3v) is 4.14. The SMILES string of the molecule is Fc1cc(-c2cccc3cc4ccccc4cc23)c(F)c(F)c1F. The fourth-order valence-electron chi connectivity index (χ4n) is 2.97. The lowest BCUT2D eigenvalue weighted by atomic mass is 9.95. The molecule has 0 amide bonds. The summed E-state index contributed by atoms with van der Waals surface area (Å²) < 4.78 is 54.6. The molecule has 0 atom stereocenters. The Kier molecular flexibility index (Phi) is 3.27. The van der Waals surface area contributed by atoms with Crippen molar-refractivity contribution in [2.75, 3.05) is 0 Å². The highest BCUT2D eigenvalue weighted by Gasteiger charge is 2.20. The third-order valence-electron chi connectivity index (χ3n) is 4.14. The molecule has 0 aliphatic heterocycles. The minimum Gasteiger partial charge on any atom is -0.204 e. The third kappa shape index (κ3) is 2.14. The summed E-state index contributed by atoms with van der Waals surface area (Å²) in [4.78, 5) is 0. The Bertz CT molecular complexity index is 1100. The molecule has 4 heteroatoms. The van der Waals surface area contributed by atoms with Crippen molar-refractivity contribution in [3.8, 4) is 11.1 Å².